The van der Waals surface area contributed by atoms with E-state index in [4.69, 9.17) is 14.4 Å². The number of nitrogens with zero attached hydrogens (tertiary/aromatic N) is 2. The summed E-state index contributed by atoms with van der Waals surface area (Å²) >= 11 is 0. The van der Waals surface area contributed by atoms with E-state index in [2.05, 4.69) is 20.4 Å². The van der Waals surface area contributed by atoms with Crippen LogP contribution in [0.15, 0.2) is 73.1 Å². The zero-order chi connectivity index (χ0) is 17.2. The molecule has 0 atom stereocenters. The summed E-state index contributed by atoms with van der Waals surface area (Å²) in [6.45, 7) is 0. The van der Waals surface area contributed by atoms with Crippen LogP contribution in [-0.2, 0) is 4.57 Å². The van der Waals surface area contributed by atoms with Gasteiger partial charge in [-0.25, -0.2) is 0 Å². The summed E-state index contributed by atoms with van der Waals surface area (Å²) < 4.78 is 8.48. The fourth-order valence-electron chi connectivity index (χ4n) is 1.93. The molecular formula is C16H14N4O3P+. The number of fused-ring (bicyclic) bond motifs is 2. The fourth-order valence-corrected chi connectivity index (χ4v) is 1.93. The van der Waals surface area contributed by atoms with Gasteiger partial charge in [0.25, 0.3) is 8.25 Å². The Morgan fingerprint density at radius 3 is 1.46 bits per heavy atom. The number of hydrogen-bond acceptors (Lipinski definition) is 5. The van der Waals surface area contributed by atoms with Gasteiger partial charge in [0.1, 0.15) is 11.0 Å². The summed E-state index contributed by atoms with van der Waals surface area (Å²) in [6, 6.07) is 20.0. The number of hydrogen-bond donors (Lipinski definition) is 0. The van der Waals surface area contributed by atoms with E-state index in [1.165, 1.54) is 10.8 Å². The Morgan fingerprint density at radius 1 is 0.708 bits per heavy atom. The lowest BCUT2D eigenvalue weighted by molar-refractivity contribution is -0.451. The van der Waals surface area contributed by atoms with Crippen LogP contribution in [0.3, 0.4) is 0 Å². The molecule has 0 saturated carbocycles. The van der Waals surface area contributed by atoms with Crippen molar-refractivity contribution in [1.29, 1.82) is 0 Å². The standard InChI is InChI=1S/2C8H6N2.HO3P/c2*1-2-4-8-7(3-1)5-6-9-10-8;1-4(2)3/h2*1-6H;(H,1,2,3)/p+1. The van der Waals surface area contributed by atoms with Crippen LogP contribution in [0.5, 0.6) is 0 Å². The third-order valence-electron chi connectivity index (χ3n) is 2.92. The number of aromatic nitrogens is 4. The molecule has 120 valence electrons. The lowest BCUT2D eigenvalue weighted by atomic mass is 10.2. The van der Waals surface area contributed by atoms with Gasteiger partial charge in [0.2, 0.25) is 0 Å². The van der Waals surface area contributed by atoms with Crippen LogP contribution >= 0.6 is 8.25 Å². The zero-order valence-corrected chi connectivity index (χ0v) is 13.4. The van der Waals surface area contributed by atoms with Gasteiger partial charge in [-0.3, -0.25) is 0 Å². The molecule has 0 radical (unpaired) electrons. The minimum atomic E-state index is -3.37. The van der Waals surface area contributed by atoms with Gasteiger partial charge in [0.15, 0.2) is 12.4 Å². The second kappa shape index (κ2) is 9.32. The molecule has 0 amide bonds. The molecule has 7 nitrogen and oxygen atoms in total. The highest BCUT2D eigenvalue weighted by Gasteiger charge is 1.92. The lowest BCUT2D eigenvalue weighted by Gasteiger charge is -1.86. The molecule has 2 aromatic carbocycles. The van der Waals surface area contributed by atoms with Crippen molar-refractivity contribution in [1.82, 2.24) is 10.2 Å². The average Bonchev–Trinajstić information content (AvgIpc) is 2.62. The van der Waals surface area contributed by atoms with E-state index < -0.39 is 8.25 Å². The topological polar surface area (TPSA) is 117 Å². The molecule has 2 N–H and O–H groups in total. The van der Waals surface area contributed by atoms with E-state index in [-0.39, 0.29) is 0 Å². The van der Waals surface area contributed by atoms with E-state index >= 15 is 0 Å². The zero-order valence-electron chi connectivity index (χ0n) is 12.5. The Kier molecular flexibility index (Phi) is 6.79. The quantitative estimate of drug-likeness (QED) is 0.431. The summed E-state index contributed by atoms with van der Waals surface area (Å²) in [6.07, 6.45) is 3.64. The van der Waals surface area contributed by atoms with Crippen LogP contribution in [0.2, 0.25) is 0 Å². The van der Waals surface area contributed by atoms with Crippen molar-refractivity contribution in [3.63, 3.8) is 0 Å². The van der Waals surface area contributed by atoms with Crippen LogP contribution in [0, 0.1) is 0 Å². The van der Waals surface area contributed by atoms with Gasteiger partial charge in [-0.05, 0) is 22.3 Å². The minimum Gasteiger partial charge on any atom is -0.598 e. The summed E-state index contributed by atoms with van der Waals surface area (Å²) in [5.74, 6) is 0. The van der Waals surface area contributed by atoms with E-state index in [1.54, 1.807) is 0 Å². The van der Waals surface area contributed by atoms with Crippen molar-refractivity contribution in [2.75, 3.05) is 0 Å². The summed E-state index contributed by atoms with van der Waals surface area (Å²) in [7, 11) is -3.37. The predicted octanol–water partition coefficient (Wildman–Crippen LogP) is 0.462. The molecule has 0 bridgehead atoms. The lowest BCUT2D eigenvalue weighted by Crippen LogP contribution is -2.04. The maximum absolute atomic E-state index is 8.48. The predicted molar refractivity (Wildman–Crippen MR) is 84.2 cm³/mol. The fraction of sp³-hybridized carbons (Fsp3) is 0. The average molecular weight is 341 g/mol. The van der Waals surface area contributed by atoms with Gasteiger partial charge in [0, 0.05) is 22.9 Å². The number of H-pyrrole nitrogens is 2. The third kappa shape index (κ3) is 5.73. The molecule has 0 saturated heterocycles. The summed E-state index contributed by atoms with van der Waals surface area (Å²) in [5.41, 5.74) is 2.01. The molecule has 0 spiro atoms. The molecule has 0 aliphatic carbocycles. The maximum Gasteiger partial charge on any atom is 0.276 e. The molecular weight excluding hydrogens is 327 g/mol. The van der Waals surface area contributed by atoms with E-state index in [1.807, 2.05) is 73.1 Å². The van der Waals surface area contributed by atoms with Gasteiger partial charge in [-0.2, -0.15) is 0 Å². The van der Waals surface area contributed by atoms with Crippen LogP contribution < -0.4 is 20.0 Å². The van der Waals surface area contributed by atoms with Gasteiger partial charge in [-0.1, -0.05) is 41.0 Å². The SMILES string of the molecule is O=[P+]([O-])[O-].c1ccc2n[nH+]ccc2c1.c1ccc2n[nH+]ccc2c1. The Labute approximate surface area is 138 Å². The highest BCUT2D eigenvalue weighted by molar-refractivity contribution is 7.27. The van der Waals surface area contributed by atoms with Crippen LogP contribution in [0.25, 0.3) is 21.8 Å². The second-order valence-corrected chi connectivity index (χ2v) is 4.94. The third-order valence-corrected chi connectivity index (χ3v) is 2.92. The van der Waals surface area contributed by atoms with Crippen molar-refractivity contribution >= 4 is 30.1 Å². The van der Waals surface area contributed by atoms with Gasteiger partial charge in [0.05, 0.1) is 0 Å². The number of rotatable bonds is 0. The van der Waals surface area contributed by atoms with E-state index in [0.29, 0.717) is 0 Å². The Morgan fingerprint density at radius 2 is 1.08 bits per heavy atom. The first-order valence-electron chi connectivity index (χ1n) is 6.92. The molecule has 0 aliphatic heterocycles. The highest BCUT2D eigenvalue weighted by Crippen LogP contribution is 2.06. The molecule has 4 rings (SSSR count). The monoisotopic (exact) mass is 341 g/mol. The maximum atomic E-state index is 8.48. The first kappa shape index (κ1) is 17.5. The van der Waals surface area contributed by atoms with Crippen molar-refractivity contribution in [2.24, 2.45) is 0 Å². The van der Waals surface area contributed by atoms with E-state index in [9.17, 15) is 0 Å². The van der Waals surface area contributed by atoms with Gasteiger partial charge >= 0.3 is 0 Å². The van der Waals surface area contributed by atoms with Crippen LogP contribution in [-0.4, -0.2) is 10.2 Å². The Balaban J connectivity index is 0.000000143. The molecule has 0 fully saturated rings. The Bertz CT molecular complexity index is 730. The second-order valence-electron chi connectivity index (χ2n) is 4.49. The molecule has 2 heterocycles. The van der Waals surface area contributed by atoms with Gasteiger partial charge in [-0.15, -0.1) is 10.2 Å². The van der Waals surface area contributed by atoms with Crippen LogP contribution in [0.4, 0.5) is 0 Å². The van der Waals surface area contributed by atoms with Crippen molar-refractivity contribution < 1.29 is 24.5 Å². The highest BCUT2D eigenvalue weighted by atomic mass is 31.1. The molecule has 0 unspecified atom stereocenters. The number of aromatic amines is 2. The molecule has 0 aliphatic rings. The smallest absolute Gasteiger partial charge is 0.276 e. The summed E-state index contributed by atoms with van der Waals surface area (Å²) in [4.78, 5) is 17.0. The Hall–Kier alpha value is -2.86. The first-order chi connectivity index (χ1) is 11.7. The van der Waals surface area contributed by atoms with Crippen molar-refractivity contribution in [3.8, 4) is 0 Å². The largest absolute Gasteiger partial charge is 0.598 e. The number of nitrogens with one attached hydrogen (secondary N) is 2. The molecule has 2 aromatic heterocycles. The normalized spacial score (nSPS) is 9.42. The number of benzene rings is 2. The van der Waals surface area contributed by atoms with E-state index in [0.717, 1.165) is 11.0 Å². The number of para-hydroxylation sites is 2. The molecule has 4 aromatic rings. The van der Waals surface area contributed by atoms with Crippen molar-refractivity contribution in [2.45, 2.75) is 0 Å². The summed E-state index contributed by atoms with van der Waals surface area (Å²) in [5, 5.41) is 16.0. The minimum absolute atomic E-state index is 1.00. The molecule has 8 heteroatoms. The van der Waals surface area contributed by atoms with Gasteiger partial charge < -0.3 is 9.79 Å². The first-order valence-corrected chi connectivity index (χ1v) is 8.01. The molecule has 24 heavy (non-hydrogen) atoms. The van der Waals surface area contributed by atoms with Crippen molar-refractivity contribution in [3.05, 3.63) is 73.1 Å². The van der Waals surface area contributed by atoms with Crippen LogP contribution in [0.1, 0.15) is 0 Å².